The molecule has 0 radical (unpaired) electrons. The Kier molecular flexibility index (Phi) is 3.43. The monoisotopic (exact) mass is 229 g/mol. The van der Waals surface area contributed by atoms with Crippen LogP contribution in [0.2, 0.25) is 0 Å². The fraction of sp³-hybridized carbons (Fsp3) is 0.400. The average molecular weight is 229 g/mol. The molecule has 2 heteroatoms. The normalized spacial score (nSPS) is 14.8. The van der Waals surface area contributed by atoms with E-state index in [4.69, 9.17) is 0 Å². The lowest BCUT2D eigenvalue weighted by molar-refractivity contribution is 0.0241. The number of aromatic nitrogens is 1. The topological polar surface area (TPSA) is 33.1 Å². The van der Waals surface area contributed by atoms with Gasteiger partial charge in [-0.2, -0.15) is 0 Å². The molecule has 0 saturated heterocycles. The second kappa shape index (κ2) is 4.84. The molecule has 1 aromatic heterocycles. The zero-order chi connectivity index (χ0) is 12.3. The minimum absolute atomic E-state index is 0.713. The molecule has 1 atom stereocenters. The standard InChI is InChI=1S/C15H19NO/c1-3-9-15(17,4-2)14-7-5-6-12-11-16-10-8-13(12)14/h5-8,10-11,17H,3-4,9H2,1-2H3. The molecular weight excluding hydrogens is 210 g/mol. The third-order valence-corrected chi connectivity index (χ3v) is 3.43. The van der Waals surface area contributed by atoms with Crippen molar-refractivity contribution in [3.05, 3.63) is 42.2 Å². The first kappa shape index (κ1) is 12.1. The highest BCUT2D eigenvalue weighted by Gasteiger charge is 2.27. The van der Waals surface area contributed by atoms with Crippen molar-refractivity contribution < 1.29 is 5.11 Å². The van der Waals surface area contributed by atoms with E-state index in [1.165, 1.54) is 0 Å². The van der Waals surface area contributed by atoms with Gasteiger partial charge in [0.05, 0.1) is 5.60 Å². The smallest absolute Gasteiger partial charge is 0.0899 e. The number of pyridine rings is 1. The predicted octanol–water partition coefficient (Wildman–Crippen LogP) is 3.63. The van der Waals surface area contributed by atoms with E-state index in [0.717, 1.165) is 35.6 Å². The Morgan fingerprint density at radius 2 is 2.06 bits per heavy atom. The van der Waals surface area contributed by atoms with E-state index in [-0.39, 0.29) is 0 Å². The molecule has 2 nitrogen and oxygen atoms in total. The largest absolute Gasteiger partial charge is 0.385 e. The van der Waals surface area contributed by atoms with E-state index in [0.29, 0.717) is 0 Å². The minimum atomic E-state index is -0.713. The minimum Gasteiger partial charge on any atom is -0.385 e. The van der Waals surface area contributed by atoms with Gasteiger partial charge in [0, 0.05) is 17.8 Å². The van der Waals surface area contributed by atoms with E-state index in [2.05, 4.69) is 11.9 Å². The summed E-state index contributed by atoms with van der Waals surface area (Å²) in [6.07, 6.45) is 6.15. The fourth-order valence-electron chi connectivity index (χ4n) is 2.44. The van der Waals surface area contributed by atoms with E-state index in [1.54, 1.807) is 6.20 Å². The number of benzene rings is 1. The molecule has 0 amide bonds. The summed E-state index contributed by atoms with van der Waals surface area (Å²) in [5.41, 5.74) is 0.317. The van der Waals surface area contributed by atoms with Crippen molar-refractivity contribution >= 4 is 10.8 Å². The number of hydrogen-bond acceptors (Lipinski definition) is 2. The number of rotatable bonds is 4. The lowest BCUT2D eigenvalue weighted by atomic mass is 9.84. The molecule has 2 rings (SSSR count). The molecule has 0 aliphatic heterocycles. The number of fused-ring (bicyclic) bond motifs is 1. The summed E-state index contributed by atoms with van der Waals surface area (Å²) < 4.78 is 0. The van der Waals surface area contributed by atoms with E-state index in [9.17, 15) is 5.11 Å². The van der Waals surface area contributed by atoms with Crippen LogP contribution in [0.25, 0.3) is 10.8 Å². The fourth-order valence-corrected chi connectivity index (χ4v) is 2.44. The van der Waals surface area contributed by atoms with Crippen LogP contribution in [0.5, 0.6) is 0 Å². The first-order valence-electron chi connectivity index (χ1n) is 6.27. The van der Waals surface area contributed by atoms with Gasteiger partial charge in [-0.1, -0.05) is 38.5 Å². The van der Waals surface area contributed by atoms with Crippen molar-refractivity contribution in [1.82, 2.24) is 4.98 Å². The molecule has 2 aromatic rings. The molecule has 0 aliphatic carbocycles. The van der Waals surface area contributed by atoms with Crippen LogP contribution >= 0.6 is 0 Å². The second-order valence-electron chi connectivity index (χ2n) is 4.54. The molecular formula is C15H19NO. The summed E-state index contributed by atoms with van der Waals surface area (Å²) in [7, 11) is 0. The van der Waals surface area contributed by atoms with Crippen molar-refractivity contribution in [2.45, 2.75) is 38.7 Å². The Morgan fingerprint density at radius 3 is 2.76 bits per heavy atom. The third kappa shape index (κ3) is 2.18. The molecule has 0 fully saturated rings. The highest BCUT2D eigenvalue weighted by atomic mass is 16.3. The number of nitrogens with zero attached hydrogens (tertiary/aromatic N) is 1. The summed E-state index contributed by atoms with van der Waals surface area (Å²) in [6, 6.07) is 8.05. The quantitative estimate of drug-likeness (QED) is 0.868. The molecule has 0 bridgehead atoms. The van der Waals surface area contributed by atoms with Crippen molar-refractivity contribution in [2.75, 3.05) is 0 Å². The molecule has 1 N–H and O–H groups in total. The molecule has 0 saturated carbocycles. The van der Waals surface area contributed by atoms with Crippen LogP contribution in [-0.4, -0.2) is 10.1 Å². The van der Waals surface area contributed by atoms with Crippen LogP contribution in [-0.2, 0) is 5.60 Å². The molecule has 90 valence electrons. The van der Waals surface area contributed by atoms with E-state index >= 15 is 0 Å². The zero-order valence-corrected chi connectivity index (χ0v) is 10.5. The van der Waals surface area contributed by atoms with Gasteiger partial charge in [-0.15, -0.1) is 0 Å². The summed E-state index contributed by atoms with van der Waals surface area (Å²) in [5, 5.41) is 13.0. The highest BCUT2D eigenvalue weighted by Crippen LogP contribution is 2.34. The van der Waals surface area contributed by atoms with Gasteiger partial charge in [0.2, 0.25) is 0 Å². The maximum absolute atomic E-state index is 10.8. The summed E-state index contributed by atoms with van der Waals surface area (Å²) in [6.45, 7) is 4.14. The van der Waals surface area contributed by atoms with Crippen LogP contribution in [0, 0.1) is 0 Å². The molecule has 17 heavy (non-hydrogen) atoms. The SMILES string of the molecule is CCCC(O)(CC)c1cccc2cnccc12. The highest BCUT2D eigenvalue weighted by molar-refractivity contribution is 5.85. The van der Waals surface area contributed by atoms with Crippen molar-refractivity contribution in [3.8, 4) is 0 Å². The van der Waals surface area contributed by atoms with Crippen molar-refractivity contribution in [1.29, 1.82) is 0 Å². The predicted molar refractivity (Wildman–Crippen MR) is 70.8 cm³/mol. The van der Waals surface area contributed by atoms with Gasteiger partial charge in [-0.3, -0.25) is 4.98 Å². The second-order valence-corrected chi connectivity index (χ2v) is 4.54. The Hall–Kier alpha value is -1.41. The van der Waals surface area contributed by atoms with Crippen LogP contribution in [0.1, 0.15) is 38.7 Å². The van der Waals surface area contributed by atoms with Crippen LogP contribution in [0.4, 0.5) is 0 Å². The number of aliphatic hydroxyl groups is 1. The van der Waals surface area contributed by atoms with Gasteiger partial charge in [0.25, 0.3) is 0 Å². The van der Waals surface area contributed by atoms with Gasteiger partial charge < -0.3 is 5.11 Å². The van der Waals surface area contributed by atoms with E-state index in [1.807, 2.05) is 37.4 Å². The summed E-state index contributed by atoms with van der Waals surface area (Å²) >= 11 is 0. The van der Waals surface area contributed by atoms with Gasteiger partial charge in [-0.25, -0.2) is 0 Å². The zero-order valence-electron chi connectivity index (χ0n) is 10.5. The maximum Gasteiger partial charge on any atom is 0.0899 e. The Bertz CT molecular complexity index is 504. The van der Waals surface area contributed by atoms with Gasteiger partial charge in [0.1, 0.15) is 0 Å². The average Bonchev–Trinajstić information content (AvgIpc) is 2.38. The number of hydrogen-bond donors (Lipinski definition) is 1. The first-order valence-corrected chi connectivity index (χ1v) is 6.27. The molecule has 1 unspecified atom stereocenters. The van der Waals surface area contributed by atoms with Crippen molar-refractivity contribution in [3.63, 3.8) is 0 Å². The summed E-state index contributed by atoms with van der Waals surface area (Å²) in [5.74, 6) is 0. The van der Waals surface area contributed by atoms with Crippen molar-refractivity contribution in [2.24, 2.45) is 0 Å². The van der Waals surface area contributed by atoms with Gasteiger partial charge in [0.15, 0.2) is 0 Å². The molecule has 0 aliphatic rings. The Morgan fingerprint density at radius 1 is 1.24 bits per heavy atom. The Balaban J connectivity index is 2.61. The Labute approximate surface area is 102 Å². The third-order valence-electron chi connectivity index (χ3n) is 3.43. The van der Waals surface area contributed by atoms with Gasteiger partial charge in [-0.05, 0) is 29.9 Å². The lowest BCUT2D eigenvalue weighted by Crippen LogP contribution is -2.24. The maximum atomic E-state index is 10.8. The first-order chi connectivity index (χ1) is 8.21. The molecule has 1 aromatic carbocycles. The van der Waals surface area contributed by atoms with E-state index < -0.39 is 5.60 Å². The molecule has 1 heterocycles. The van der Waals surface area contributed by atoms with Crippen LogP contribution in [0.3, 0.4) is 0 Å². The van der Waals surface area contributed by atoms with Crippen LogP contribution < -0.4 is 0 Å². The van der Waals surface area contributed by atoms with Crippen LogP contribution in [0.15, 0.2) is 36.7 Å². The lowest BCUT2D eigenvalue weighted by Gasteiger charge is -2.28. The molecule has 0 spiro atoms. The van der Waals surface area contributed by atoms with Gasteiger partial charge >= 0.3 is 0 Å². The summed E-state index contributed by atoms with van der Waals surface area (Å²) in [4.78, 5) is 4.13.